The number of hydrogen-bond acceptors (Lipinski definition) is 1. The third kappa shape index (κ3) is 3.22. The molecule has 0 atom stereocenters. The van der Waals surface area contributed by atoms with Gasteiger partial charge in [0.1, 0.15) is 8.07 Å². The molecule has 0 N–H and O–H groups in total. The van der Waals surface area contributed by atoms with Gasteiger partial charge in [-0.25, -0.2) is 8.78 Å². The zero-order valence-corrected chi connectivity index (χ0v) is 9.66. The highest BCUT2D eigenvalue weighted by atomic mass is 28.3. The number of carbonyl (C=O) groups is 1. The maximum absolute atomic E-state index is 12.4. The quantitative estimate of drug-likeness (QED) is 0.486. The summed E-state index contributed by atoms with van der Waals surface area (Å²) in [5, 5.41) is 0. The van der Waals surface area contributed by atoms with Crippen LogP contribution in [0.1, 0.15) is 12.8 Å². The van der Waals surface area contributed by atoms with Gasteiger partial charge >= 0.3 is 0 Å². The molecule has 1 saturated carbocycles. The van der Waals surface area contributed by atoms with Gasteiger partial charge in [0.2, 0.25) is 11.7 Å². The maximum Gasteiger partial charge on any atom is 0.249 e. The summed E-state index contributed by atoms with van der Waals surface area (Å²) < 4.78 is 24.9. The average Bonchev–Trinajstić information content (AvgIpc) is 1.94. The first-order chi connectivity index (χ1) is 6.20. The van der Waals surface area contributed by atoms with Crippen molar-refractivity contribution in [2.24, 2.45) is 5.92 Å². The van der Waals surface area contributed by atoms with Crippen LogP contribution in [0, 0.1) is 17.4 Å². The van der Waals surface area contributed by atoms with Gasteiger partial charge in [-0.15, -0.1) is 5.54 Å². The standard InChI is InChI=1S/C10H14F2OSi/c1-14(2,3)5-4-9(13)8-6-10(11,12)7-8/h8H,6-7H2,1-3H3. The molecule has 0 aromatic rings. The van der Waals surface area contributed by atoms with Gasteiger partial charge in [-0.2, -0.15) is 0 Å². The van der Waals surface area contributed by atoms with Gasteiger partial charge in [0, 0.05) is 18.8 Å². The Labute approximate surface area is 83.9 Å². The average molecular weight is 216 g/mol. The molecule has 0 saturated heterocycles. The fourth-order valence-corrected chi connectivity index (χ4v) is 1.70. The lowest BCUT2D eigenvalue weighted by Gasteiger charge is -2.32. The van der Waals surface area contributed by atoms with Crippen molar-refractivity contribution in [2.45, 2.75) is 38.4 Å². The Kier molecular flexibility index (Phi) is 2.82. The van der Waals surface area contributed by atoms with Crippen molar-refractivity contribution in [1.82, 2.24) is 0 Å². The summed E-state index contributed by atoms with van der Waals surface area (Å²) >= 11 is 0. The van der Waals surface area contributed by atoms with Gasteiger partial charge in [-0.05, 0) is 5.92 Å². The van der Waals surface area contributed by atoms with E-state index in [9.17, 15) is 13.6 Å². The van der Waals surface area contributed by atoms with Gasteiger partial charge in [-0.3, -0.25) is 4.79 Å². The number of alkyl halides is 2. The van der Waals surface area contributed by atoms with Crippen LogP contribution >= 0.6 is 0 Å². The van der Waals surface area contributed by atoms with Crippen LogP contribution in [-0.4, -0.2) is 19.8 Å². The monoisotopic (exact) mass is 216 g/mol. The molecule has 0 aromatic carbocycles. The molecule has 0 spiro atoms. The van der Waals surface area contributed by atoms with Crippen molar-refractivity contribution < 1.29 is 13.6 Å². The SMILES string of the molecule is C[Si](C)(C)C#CC(=O)C1CC(F)(F)C1. The van der Waals surface area contributed by atoms with Crippen LogP contribution in [0.5, 0.6) is 0 Å². The Morgan fingerprint density at radius 1 is 1.36 bits per heavy atom. The van der Waals surface area contributed by atoms with Crippen molar-refractivity contribution in [1.29, 1.82) is 0 Å². The van der Waals surface area contributed by atoms with E-state index in [0.29, 0.717) is 0 Å². The molecule has 1 fully saturated rings. The predicted octanol–water partition coefficient (Wildman–Crippen LogP) is 2.48. The zero-order valence-electron chi connectivity index (χ0n) is 8.66. The van der Waals surface area contributed by atoms with E-state index in [-0.39, 0.29) is 18.6 Å². The number of Topliss-reactive ketones (excluding diaryl/α,β-unsaturated/α-hetero) is 1. The predicted molar refractivity (Wildman–Crippen MR) is 53.8 cm³/mol. The van der Waals surface area contributed by atoms with Gasteiger partial charge < -0.3 is 0 Å². The van der Waals surface area contributed by atoms with Gasteiger partial charge in [0.15, 0.2) is 0 Å². The van der Waals surface area contributed by atoms with Gasteiger partial charge in [0.05, 0.1) is 0 Å². The van der Waals surface area contributed by atoms with Crippen molar-refractivity contribution in [2.75, 3.05) is 0 Å². The molecule has 78 valence electrons. The van der Waals surface area contributed by atoms with Crippen molar-refractivity contribution >= 4 is 13.9 Å². The normalized spacial score (nSPS) is 20.6. The van der Waals surface area contributed by atoms with Crippen LogP contribution in [0.4, 0.5) is 8.78 Å². The highest BCUT2D eigenvalue weighted by Crippen LogP contribution is 2.42. The summed E-state index contributed by atoms with van der Waals surface area (Å²) in [6.45, 7) is 6.05. The van der Waals surface area contributed by atoms with E-state index >= 15 is 0 Å². The van der Waals surface area contributed by atoms with Crippen LogP contribution in [0.25, 0.3) is 0 Å². The Morgan fingerprint density at radius 2 is 1.86 bits per heavy atom. The summed E-state index contributed by atoms with van der Waals surface area (Å²) in [6, 6.07) is 0. The molecule has 14 heavy (non-hydrogen) atoms. The highest BCUT2D eigenvalue weighted by molar-refractivity contribution is 6.84. The number of carbonyl (C=O) groups excluding carboxylic acids is 1. The molecule has 0 radical (unpaired) electrons. The number of halogens is 2. The molecule has 1 nitrogen and oxygen atoms in total. The minimum absolute atomic E-state index is 0.307. The van der Waals surface area contributed by atoms with Crippen LogP contribution in [0.3, 0.4) is 0 Å². The second-order valence-corrected chi connectivity index (χ2v) is 9.58. The van der Waals surface area contributed by atoms with Crippen LogP contribution in [-0.2, 0) is 4.79 Å². The Bertz CT molecular complexity index is 298. The summed E-state index contributed by atoms with van der Waals surface area (Å²) in [6.07, 6.45) is -0.627. The first kappa shape index (κ1) is 11.4. The van der Waals surface area contributed by atoms with Crippen molar-refractivity contribution in [3.05, 3.63) is 0 Å². The largest absolute Gasteiger partial charge is 0.285 e. The Balaban J connectivity index is 2.49. The second kappa shape index (κ2) is 3.47. The van der Waals surface area contributed by atoms with Crippen LogP contribution in [0.2, 0.25) is 19.6 Å². The highest BCUT2D eigenvalue weighted by Gasteiger charge is 2.48. The fraction of sp³-hybridized carbons (Fsp3) is 0.700. The molecular weight excluding hydrogens is 202 g/mol. The smallest absolute Gasteiger partial charge is 0.249 e. The van der Waals surface area contributed by atoms with Crippen LogP contribution < -0.4 is 0 Å². The Hall–Kier alpha value is -0.693. The molecule has 0 aliphatic heterocycles. The molecule has 0 bridgehead atoms. The summed E-state index contributed by atoms with van der Waals surface area (Å²) in [4.78, 5) is 11.3. The molecule has 0 heterocycles. The molecule has 0 unspecified atom stereocenters. The first-order valence-electron chi connectivity index (χ1n) is 4.64. The topological polar surface area (TPSA) is 17.1 Å². The Morgan fingerprint density at radius 3 is 2.21 bits per heavy atom. The van der Waals surface area contributed by atoms with E-state index in [0.717, 1.165) is 0 Å². The molecule has 1 rings (SSSR count). The maximum atomic E-state index is 12.4. The van der Waals surface area contributed by atoms with Crippen molar-refractivity contribution in [3.8, 4) is 11.5 Å². The van der Waals surface area contributed by atoms with E-state index in [1.807, 2.05) is 19.6 Å². The second-order valence-electron chi connectivity index (χ2n) is 4.83. The van der Waals surface area contributed by atoms with E-state index in [2.05, 4.69) is 11.5 Å². The number of hydrogen-bond donors (Lipinski definition) is 0. The van der Waals surface area contributed by atoms with Gasteiger partial charge in [-0.1, -0.05) is 19.6 Å². The first-order valence-corrected chi connectivity index (χ1v) is 8.14. The molecule has 0 amide bonds. The molecule has 1 aliphatic rings. The molecule has 4 heteroatoms. The minimum atomic E-state index is -2.62. The molecular formula is C10H14F2OSi. The van der Waals surface area contributed by atoms with E-state index in [4.69, 9.17) is 0 Å². The lowest BCUT2D eigenvalue weighted by atomic mass is 9.79. The lowest BCUT2D eigenvalue weighted by Crippen LogP contribution is -2.39. The van der Waals surface area contributed by atoms with Crippen molar-refractivity contribution in [3.63, 3.8) is 0 Å². The van der Waals surface area contributed by atoms with E-state index in [1.165, 1.54) is 0 Å². The summed E-state index contributed by atoms with van der Waals surface area (Å²) in [5.41, 5.74) is 2.89. The summed E-state index contributed by atoms with van der Waals surface area (Å²) in [7, 11) is -1.56. The van der Waals surface area contributed by atoms with Gasteiger partial charge in [0.25, 0.3) is 0 Å². The molecule has 0 aromatic heterocycles. The zero-order chi connectivity index (χ0) is 11.0. The van der Waals surface area contributed by atoms with E-state index < -0.39 is 19.9 Å². The number of rotatable bonds is 1. The van der Waals surface area contributed by atoms with Crippen LogP contribution in [0.15, 0.2) is 0 Å². The fourth-order valence-electron chi connectivity index (χ4n) is 1.20. The number of ketones is 1. The lowest BCUT2D eigenvalue weighted by molar-refractivity contribution is -0.143. The minimum Gasteiger partial charge on any atom is -0.285 e. The third-order valence-corrected chi connectivity index (χ3v) is 2.90. The van der Waals surface area contributed by atoms with E-state index in [1.54, 1.807) is 0 Å². The third-order valence-electron chi connectivity index (χ3n) is 2.02. The molecule has 1 aliphatic carbocycles. The summed E-state index contributed by atoms with van der Waals surface area (Å²) in [5.74, 6) is -0.949.